The quantitative estimate of drug-likeness (QED) is 0.868. The summed E-state index contributed by atoms with van der Waals surface area (Å²) in [6.07, 6.45) is 5.48. The second kappa shape index (κ2) is 5.65. The van der Waals surface area contributed by atoms with Crippen molar-refractivity contribution in [2.24, 2.45) is 7.05 Å². The van der Waals surface area contributed by atoms with Gasteiger partial charge in [0.2, 0.25) is 0 Å². The van der Waals surface area contributed by atoms with E-state index in [0.717, 1.165) is 32.4 Å². The highest BCUT2D eigenvalue weighted by atomic mass is 16.5. The van der Waals surface area contributed by atoms with Crippen molar-refractivity contribution < 1.29 is 4.74 Å². The first-order chi connectivity index (χ1) is 8.24. The Morgan fingerprint density at radius 2 is 2.35 bits per heavy atom. The van der Waals surface area contributed by atoms with Crippen molar-refractivity contribution in [1.82, 2.24) is 15.1 Å². The lowest BCUT2D eigenvalue weighted by atomic mass is 9.97. The lowest BCUT2D eigenvalue weighted by molar-refractivity contribution is 0.000104. The lowest BCUT2D eigenvalue weighted by Crippen LogP contribution is -2.36. The van der Waals surface area contributed by atoms with Crippen LogP contribution in [0, 0.1) is 0 Å². The van der Waals surface area contributed by atoms with Crippen molar-refractivity contribution in [3.63, 3.8) is 0 Å². The minimum absolute atomic E-state index is 0.219. The van der Waals surface area contributed by atoms with Gasteiger partial charge in [0.05, 0.1) is 11.8 Å². The monoisotopic (exact) mass is 237 g/mol. The predicted molar refractivity (Wildman–Crippen MR) is 68.0 cm³/mol. The first-order valence-corrected chi connectivity index (χ1v) is 6.62. The van der Waals surface area contributed by atoms with Gasteiger partial charge in [-0.3, -0.25) is 4.68 Å². The van der Waals surface area contributed by atoms with E-state index in [1.54, 1.807) is 0 Å². The number of nitrogens with one attached hydrogen (secondary N) is 1. The largest absolute Gasteiger partial charge is 0.373 e. The Morgan fingerprint density at radius 1 is 1.53 bits per heavy atom. The number of rotatable bonds is 4. The van der Waals surface area contributed by atoms with Crippen LogP contribution in [0.4, 0.5) is 0 Å². The van der Waals surface area contributed by atoms with Gasteiger partial charge in [-0.15, -0.1) is 0 Å². The molecule has 17 heavy (non-hydrogen) atoms. The van der Waals surface area contributed by atoms with Crippen LogP contribution < -0.4 is 5.32 Å². The molecular formula is C13H23N3O. The van der Waals surface area contributed by atoms with Crippen LogP contribution in [0.25, 0.3) is 0 Å². The molecule has 1 N–H and O–H groups in total. The van der Waals surface area contributed by atoms with E-state index in [0.29, 0.717) is 6.04 Å². The van der Waals surface area contributed by atoms with E-state index in [1.165, 1.54) is 11.3 Å². The SMILES string of the molecule is CCNC1CCOC(c2cn(C)nc2CC)C1. The molecule has 0 amide bonds. The van der Waals surface area contributed by atoms with Crippen molar-refractivity contribution in [2.75, 3.05) is 13.2 Å². The standard InChI is InChI=1S/C13H23N3O/c1-4-12-11(9-16(3)15-12)13-8-10(14-5-2)6-7-17-13/h9-10,13-14H,4-8H2,1-3H3. The third kappa shape index (κ3) is 2.87. The molecule has 4 heteroatoms. The Balaban J connectivity index is 2.10. The highest BCUT2D eigenvalue weighted by molar-refractivity contribution is 5.21. The molecule has 0 radical (unpaired) electrons. The Kier molecular flexibility index (Phi) is 4.18. The van der Waals surface area contributed by atoms with Gasteiger partial charge in [0, 0.05) is 31.5 Å². The molecule has 1 fully saturated rings. The zero-order valence-electron chi connectivity index (χ0n) is 11.1. The maximum Gasteiger partial charge on any atom is 0.0873 e. The molecule has 1 aliphatic heterocycles. The molecule has 4 nitrogen and oxygen atoms in total. The summed E-state index contributed by atoms with van der Waals surface area (Å²) < 4.78 is 7.80. The van der Waals surface area contributed by atoms with E-state index >= 15 is 0 Å². The molecule has 96 valence electrons. The van der Waals surface area contributed by atoms with Crippen molar-refractivity contribution >= 4 is 0 Å². The first kappa shape index (κ1) is 12.6. The number of nitrogens with zero attached hydrogens (tertiary/aromatic N) is 2. The summed E-state index contributed by atoms with van der Waals surface area (Å²) in [5.41, 5.74) is 2.45. The number of hydrogen-bond donors (Lipinski definition) is 1. The number of aryl methyl sites for hydroxylation is 2. The molecule has 0 bridgehead atoms. The fourth-order valence-electron chi connectivity index (χ4n) is 2.58. The first-order valence-electron chi connectivity index (χ1n) is 6.62. The second-order valence-corrected chi connectivity index (χ2v) is 4.70. The Hall–Kier alpha value is -0.870. The zero-order chi connectivity index (χ0) is 12.3. The van der Waals surface area contributed by atoms with E-state index in [9.17, 15) is 0 Å². The Morgan fingerprint density at radius 3 is 3.06 bits per heavy atom. The van der Waals surface area contributed by atoms with Gasteiger partial charge in [-0.05, 0) is 25.8 Å². The maximum absolute atomic E-state index is 5.90. The molecule has 1 saturated heterocycles. The second-order valence-electron chi connectivity index (χ2n) is 4.70. The van der Waals surface area contributed by atoms with Crippen molar-refractivity contribution in [1.29, 1.82) is 0 Å². The van der Waals surface area contributed by atoms with E-state index < -0.39 is 0 Å². The molecule has 1 aromatic rings. The highest BCUT2D eigenvalue weighted by Crippen LogP contribution is 2.30. The van der Waals surface area contributed by atoms with E-state index in [4.69, 9.17) is 4.74 Å². The highest BCUT2D eigenvalue weighted by Gasteiger charge is 2.26. The summed E-state index contributed by atoms with van der Waals surface area (Å²) in [5.74, 6) is 0. The van der Waals surface area contributed by atoms with Gasteiger partial charge in [0.15, 0.2) is 0 Å². The van der Waals surface area contributed by atoms with Gasteiger partial charge >= 0.3 is 0 Å². The summed E-state index contributed by atoms with van der Waals surface area (Å²) in [6.45, 7) is 6.19. The Bertz CT molecular complexity index is 360. The van der Waals surface area contributed by atoms with Crippen LogP contribution in [0.5, 0.6) is 0 Å². The fourth-order valence-corrected chi connectivity index (χ4v) is 2.58. The lowest BCUT2D eigenvalue weighted by Gasteiger charge is -2.30. The van der Waals surface area contributed by atoms with Crippen LogP contribution in [0.2, 0.25) is 0 Å². The molecule has 1 aromatic heterocycles. The molecular weight excluding hydrogens is 214 g/mol. The van der Waals surface area contributed by atoms with Crippen LogP contribution >= 0.6 is 0 Å². The minimum Gasteiger partial charge on any atom is -0.373 e. The van der Waals surface area contributed by atoms with Crippen molar-refractivity contribution in [3.8, 4) is 0 Å². The van der Waals surface area contributed by atoms with Crippen LogP contribution in [0.15, 0.2) is 6.20 Å². The summed E-state index contributed by atoms with van der Waals surface area (Å²) in [6, 6.07) is 0.587. The normalized spacial score (nSPS) is 25.1. The molecule has 2 rings (SSSR count). The predicted octanol–water partition coefficient (Wildman–Crippen LogP) is 1.81. The van der Waals surface area contributed by atoms with E-state index in [1.807, 2.05) is 11.7 Å². The average molecular weight is 237 g/mol. The summed E-state index contributed by atoms with van der Waals surface area (Å²) >= 11 is 0. The summed E-state index contributed by atoms with van der Waals surface area (Å²) in [7, 11) is 1.98. The Labute approximate surface area is 103 Å². The molecule has 2 heterocycles. The molecule has 1 aliphatic rings. The smallest absolute Gasteiger partial charge is 0.0873 e. The van der Waals surface area contributed by atoms with Gasteiger partial charge in [-0.25, -0.2) is 0 Å². The average Bonchev–Trinajstić information content (AvgIpc) is 2.71. The van der Waals surface area contributed by atoms with Crippen LogP contribution in [0.1, 0.15) is 44.1 Å². The van der Waals surface area contributed by atoms with Gasteiger partial charge in [-0.1, -0.05) is 13.8 Å². The molecule has 0 spiro atoms. The van der Waals surface area contributed by atoms with Gasteiger partial charge in [-0.2, -0.15) is 5.10 Å². The van der Waals surface area contributed by atoms with Crippen LogP contribution in [0.3, 0.4) is 0 Å². The van der Waals surface area contributed by atoms with E-state index in [2.05, 4.69) is 30.5 Å². The van der Waals surface area contributed by atoms with Gasteiger partial charge in [0.25, 0.3) is 0 Å². The fraction of sp³-hybridized carbons (Fsp3) is 0.769. The van der Waals surface area contributed by atoms with Crippen LogP contribution in [-0.4, -0.2) is 29.0 Å². The number of aromatic nitrogens is 2. The van der Waals surface area contributed by atoms with Gasteiger partial charge < -0.3 is 10.1 Å². The number of ether oxygens (including phenoxy) is 1. The molecule has 2 atom stereocenters. The maximum atomic E-state index is 5.90. The van der Waals surface area contributed by atoms with E-state index in [-0.39, 0.29) is 6.10 Å². The third-order valence-corrected chi connectivity index (χ3v) is 3.40. The summed E-state index contributed by atoms with van der Waals surface area (Å²) in [4.78, 5) is 0. The minimum atomic E-state index is 0.219. The summed E-state index contributed by atoms with van der Waals surface area (Å²) in [5, 5.41) is 8.01. The third-order valence-electron chi connectivity index (χ3n) is 3.40. The zero-order valence-corrected chi connectivity index (χ0v) is 11.1. The van der Waals surface area contributed by atoms with Crippen molar-refractivity contribution in [2.45, 2.75) is 45.3 Å². The molecule has 0 aromatic carbocycles. The van der Waals surface area contributed by atoms with Crippen LogP contribution in [-0.2, 0) is 18.2 Å². The molecule has 2 unspecified atom stereocenters. The topological polar surface area (TPSA) is 39.1 Å². The van der Waals surface area contributed by atoms with Gasteiger partial charge in [0.1, 0.15) is 0 Å². The van der Waals surface area contributed by atoms with Crippen molar-refractivity contribution in [3.05, 3.63) is 17.5 Å². The number of hydrogen-bond acceptors (Lipinski definition) is 3. The molecule has 0 saturated carbocycles. The molecule has 0 aliphatic carbocycles.